The molecule has 144 valence electrons. The number of nitrogens with one attached hydrogen (secondary N) is 1. The van der Waals surface area contributed by atoms with Gasteiger partial charge in [-0.05, 0) is 27.8 Å². The second-order valence-corrected chi connectivity index (χ2v) is 6.68. The monoisotopic (exact) mass is 380 g/mol. The maximum atomic E-state index is 11.5. The minimum Gasteiger partial charge on any atom is -0.480 e. The Morgan fingerprint density at radius 3 is 2.36 bits per heavy atom. The second kappa shape index (κ2) is 8.38. The third-order valence-corrected chi connectivity index (χ3v) is 4.43. The molecular weight excluding hydrogens is 360 g/mol. The summed E-state index contributed by atoms with van der Waals surface area (Å²) >= 11 is 0. The fraction of sp³-hybridized carbons (Fsp3) is 0.263. The fourth-order valence-corrected chi connectivity index (χ4v) is 3.12. The molecule has 2 aromatic carbocycles. The first-order valence-corrected chi connectivity index (χ1v) is 8.76. The summed E-state index contributed by atoms with van der Waals surface area (Å²) in [5, 5.41) is 27.5. The van der Waals surface area contributed by atoms with Crippen molar-refractivity contribution in [2.75, 3.05) is 0 Å². The fourth-order valence-electron chi connectivity index (χ4n) is 3.12. The summed E-state index contributed by atoms with van der Waals surface area (Å²) in [7, 11) is 0. The lowest BCUT2D eigenvalue weighted by molar-refractivity contribution is -0.145. The van der Waals surface area contributed by atoms with E-state index >= 15 is 0 Å². The van der Waals surface area contributed by atoms with Crippen LogP contribution in [0.5, 0.6) is 0 Å². The largest absolute Gasteiger partial charge is 0.480 e. The van der Waals surface area contributed by atoms with Crippen LogP contribution in [0.15, 0.2) is 53.8 Å². The maximum absolute atomic E-state index is 11.5. The van der Waals surface area contributed by atoms with Crippen LogP contribution < -0.4 is 0 Å². The number of rotatable bonds is 8. The van der Waals surface area contributed by atoms with Crippen LogP contribution in [0.3, 0.4) is 0 Å². The number of carbonyl (C=O) groups is 1. The molecule has 0 aliphatic carbocycles. The predicted octanol–water partition coefficient (Wildman–Crippen LogP) is 3.13. The van der Waals surface area contributed by atoms with E-state index in [2.05, 4.69) is 25.9 Å². The Bertz CT molecular complexity index is 941. The molecule has 0 bridgehead atoms. The lowest BCUT2D eigenvalue weighted by Gasteiger charge is -2.25. The number of tetrazole rings is 1. The molecule has 0 amide bonds. The Morgan fingerprint density at radius 2 is 1.82 bits per heavy atom. The Labute approximate surface area is 161 Å². The standard InChI is InChI=1S/C19H20N6O3/c1-12(2)17(19(26)27)25(24-28)11-13-7-9-14(10-8-13)15-5-3-4-6-16(15)18-20-22-23-21-18/h3-10,12,17H,11H2,1-2H3,(H,26,27)(H,20,21,22,23)/t17-/m0/s1. The van der Waals surface area contributed by atoms with Gasteiger partial charge in [0.25, 0.3) is 0 Å². The van der Waals surface area contributed by atoms with Crippen molar-refractivity contribution in [3.63, 3.8) is 0 Å². The van der Waals surface area contributed by atoms with Gasteiger partial charge in [-0.3, -0.25) is 0 Å². The lowest BCUT2D eigenvalue weighted by atomic mass is 9.98. The number of nitroso groups, excluding NO2 is 1. The van der Waals surface area contributed by atoms with E-state index in [1.807, 2.05) is 48.5 Å². The zero-order chi connectivity index (χ0) is 20.1. The number of carboxylic acid groups (broad SMARTS) is 1. The summed E-state index contributed by atoms with van der Waals surface area (Å²) in [6.45, 7) is 3.61. The van der Waals surface area contributed by atoms with E-state index in [4.69, 9.17) is 0 Å². The molecule has 0 unspecified atom stereocenters. The van der Waals surface area contributed by atoms with Crippen LogP contribution in [0.4, 0.5) is 0 Å². The molecule has 9 heteroatoms. The first kappa shape index (κ1) is 19.2. The number of aliphatic carboxylic acids is 1. The van der Waals surface area contributed by atoms with Crippen LogP contribution in [0.25, 0.3) is 22.5 Å². The maximum Gasteiger partial charge on any atom is 0.328 e. The lowest BCUT2D eigenvalue weighted by Crippen LogP contribution is -2.41. The van der Waals surface area contributed by atoms with E-state index in [1.54, 1.807) is 13.8 Å². The van der Waals surface area contributed by atoms with Gasteiger partial charge in [0.15, 0.2) is 0 Å². The van der Waals surface area contributed by atoms with Gasteiger partial charge in [0.05, 0.1) is 11.8 Å². The minimum atomic E-state index is -1.07. The smallest absolute Gasteiger partial charge is 0.328 e. The number of aromatic nitrogens is 4. The Hall–Kier alpha value is -3.62. The van der Waals surface area contributed by atoms with Crippen LogP contribution in [0.1, 0.15) is 19.4 Å². The van der Waals surface area contributed by atoms with Gasteiger partial charge >= 0.3 is 5.97 Å². The van der Waals surface area contributed by atoms with Gasteiger partial charge in [-0.2, -0.15) is 5.21 Å². The number of benzene rings is 2. The highest BCUT2D eigenvalue weighted by molar-refractivity contribution is 5.80. The highest BCUT2D eigenvalue weighted by Gasteiger charge is 2.29. The van der Waals surface area contributed by atoms with Gasteiger partial charge in [0.1, 0.15) is 6.04 Å². The molecule has 1 heterocycles. The molecule has 28 heavy (non-hydrogen) atoms. The molecule has 1 aromatic heterocycles. The van der Waals surface area contributed by atoms with Crippen molar-refractivity contribution in [1.82, 2.24) is 25.6 Å². The molecule has 0 saturated heterocycles. The van der Waals surface area contributed by atoms with E-state index in [-0.39, 0.29) is 12.5 Å². The number of aromatic amines is 1. The molecule has 0 saturated carbocycles. The molecule has 0 radical (unpaired) electrons. The molecular formula is C19H20N6O3. The average Bonchev–Trinajstić information content (AvgIpc) is 3.22. The summed E-state index contributed by atoms with van der Waals surface area (Å²) < 4.78 is 0. The average molecular weight is 380 g/mol. The van der Waals surface area contributed by atoms with E-state index in [9.17, 15) is 14.8 Å². The molecule has 0 spiro atoms. The topological polar surface area (TPSA) is 124 Å². The normalized spacial score (nSPS) is 12.0. The summed E-state index contributed by atoms with van der Waals surface area (Å²) in [5.74, 6) is -0.825. The first-order chi connectivity index (χ1) is 13.5. The zero-order valence-corrected chi connectivity index (χ0v) is 15.5. The molecule has 3 aromatic rings. The number of hydrogen-bond acceptors (Lipinski definition) is 6. The van der Waals surface area contributed by atoms with Crippen molar-refractivity contribution in [3.8, 4) is 22.5 Å². The van der Waals surface area contributed by atoms with Crippen LogP contribution >= 0.6 is 0 Å². The number of nitrogens with zero attached hydrogens (tertiary/aromatic N) is 5. The summed E-state index contributed by atoms with van der Waals surface area (Å²) in [6.07, 6.45) is 0. The first-order valence-electron chi connectivity index (χ1n) is 8.76. The van der Waals surface area contributed by atoms with Crippen LogP contribution in [0.2, 0.25) is 0 Å². The Kier molecular flexibility index (Phi) is 5.73. The molecule has 0 fully saturated rings. The number of hydrogen-bond donors (Lipinski definition) is 2. The summed E-state index contributed by atoms with van der Waals surface area (Å²) in [4.78, 5) is 22.7. The van der Waals surface area contributed by atoms with Crippen molar-refractivity contribution in [2.24, 2.45) is 11.2 Å². The Morgan fingerprint density at radius 1 is 1.14 bits per heavy atom. The van der Waals surface area contributed by atoms with Crippen molar-refractivity contribution in [1.29, 1.82) is 0 Å². The van der Waals surface area contributed by atoms with E-state index < -0.39 is 12.0 Å². The van der Waals surface area contributed by atoms with Gasteiger partial charge < -0.3 is 5.11 Å². The SMILES string of the molecule is CC(C)[C@@H](C(=O)O)N(Cc1ccc(-c2ccccc2-c2nn[nH]n2)cc1)N=O. The second-order valence-electron chi connectivity index (χ2n) is 6.68. The molecule has 0 aliphatic heterocycles. The highest BCUT2D eigenvalue weighted by atomic mass is 16.4. The van der Waals surface area contributed by atoms with Crippen molar-refractivity contribution in [2.45, 2.75) is 26.4 Å². The van der Waals surface area contributed by atoms with Gasteiger partial charge in [-0.15, -0.1) is 15.1 Å². The van der Waals surface area contributed by atoms with Crippen LogP contribution in [-0.2, 0) is 11.3 Å². The van der Waals surface area contributed by atoms with Gasteiger partial charge in [0.2, 0.25) is 5.82 Å². The van der Waals surface area contributed by atoms with Crippen molar-refractivity contribution in [3.05, 3.63) is 59.0 Å². The van der Waals surface area contributed by atoms with Gasteiger partial charge in [0, 0.05) is 5.56 Å². The summed E-state index contributed by atoms with van der Waals surface area (Å²) in [6, 6.07) is 14.2. The molecule has 3 rings (SSSR count). The highest BCUT2D eigenvalue weighted by Crippen LogP contribution is 2.30. The quantitative estimate of drug-likeness (QED) is 0.454. The van der Waals surface area contributed by atoms with Crippen molar-refractivity contribution < 1.29 is 9.90 Å². The van der Waals surface area contributed by atoms with E-state index in [1.165, 1.54) is 0 Å². The third-order valence-electron chi connectivity index (χ3n) is 4.43. The van der Waals surface area contributed by atoms with Crippen LogP contribution in [-0.4, -0.2) is 42.8 Å². The van der Waals surface area contributed by atoms with Gasteiger partial charge in [-0.25, -0.2) is 9.80 Å². The molecule has 0 aliphatic rings. The minimum absolute atomic E-state index is 0.116. The summed E-state index contributed by atoms with van der Waals surface area (Å²) in [5.41, 5.74) is 3.50. The molecule has 9 nitrogen and oxygen atoms in total. The number of carboxylic acids is 1. The molecule has 2 N–H and O–H groups in total. The zero-order valence-electron chi connectivity index (χ0n) is 15.5. The Balaban J connectivity index is 1.85. The van der Waals surface area contributed by atoms with Crippen LogP contribution in [0, 0.1) is 10.8 Å². The third kappa shape index (κ3) is 4.03. The van der Waals surface area contributed by atoms with Crippen molar-refractivity contribution >= 4 is 5.97 Å². The number of H-pyrrole nitrogens is 1. The predicted molar refractivity (Wildman–Crippen MR) is 103 cm³/mol. The van der Waals surface area contributed by atoms with Gasteiger partial charge in [-0.1, -0.05) is 62.4 Å². The molecule has 1 atom stereocenters. The van der Waals surface area contributed by atoms with E-state index in [0.717, 1.165) is 27.3 Å². The van der Waals surface area contributed by atoms with E-state index in [0.29, 0.717) is 5.82 Å².